The van der Waals surface area contributed by atoms with E-state index in [4.69, 9.17) is 4.74 Å². The van der Waals surface area contributed by atoms with Gasteiger partial charge < -0.3 is 10.1 Å². The fourth-order valence-electron chi connectivity index (χ4n) is 2.83. The van der Waals surface area contributed by atoms with Crippen LogP contribution in [-0.4, -0.2) is 12.1 Å². The molecule has 0 saturated carbocycles. The van der Waals surface area contributed by atoms with E-state index in [0.717, 1.165) is 43.5 Å². The molecule has 1 aliphatic heterocycles. The molecule has 0 fully saturated rings. The number of benzene rings is 1. The summed E-state index contributed by atoms with van der Waals surface area (Å²) in [5.74, 6) is 0.649. The summed E-state index contributed by atoms with van der Waals surface area (Å²) in [7, 11) is 0. The Morgan fingerprint density at radius 2 is 2.05 bits per heavy atom. The second kappa shape index (κ2) is 5.91. The van der Waals surface area contributed by atoms with Gasteiger partial charge in [0.1, 0.15) is 17.2 Å². The van der Waals surface area contributed by atoms with Crippen molar-refractivity contribution < 1.29 is 9.13 Å². The third-order valence-corrected chi connectivity index (χ3v) is 4.18. The van der Waals surface area contributed by atoms with E-state index < -0.39 is 0 Å². The van der Waals surface area contributed by atoms with Gasteiger partial charge in [-0.15, -0.1) is 0 Å². The maximum Gasteiger partial charge on any atom is 0.125 e. The summed E-state index contributed by atoms with van der Waals surface area (Å²) in [6, 6.07) is 5.05. The number of ether oxygens (including phenoxy) is 1. The van der Waals surface area contributed by atoms with Crippen LogP contribution in [0.25, 0.3) is 0 Å². The summed E-state index contributed by atoms with van der Waals surface area (Å²) >= 11 is 0. The second-order valence-electron chi connectivity index (χ2n) is 5.39. The molecule has 0 bridgehead atoms. The average Bonchev–Trinajstić information content (AvgIpc) is 2.44. The highest BCUT2D eigenvalue weighted by atomic mass is 19.1. The van der Waals surface area contributed by atoms with Gasteiger partial charge in [-0.05, 0) is 44.0 Å². The van der Waals surface area contributed by atoms with Crippen LogP contribution in [0.15, 0.2) is 18.2 Å². The van der Waals surface area contributed by atoms with Gasteiger partial charge in [-0.25, -0.2) is 4.39 Å². The van der Waals surface area contributed by atoms with Crippen LogP contribution < -0.4 is 10.1 Å². The fraction of sp³-hybridized carbons (Fsp3) is 0.625. The van der Waals surface area contributed by atoms with E-state index in [1.54, 1.807) is 12.1 Å². The van der Waals surface area contributed by atoms with Gasteiger partial charge in [0.15, 0.2) is 0 Å². The van der Waals surface area contributed by atoms with E-state index in [-0.39, 0.29) is 17.5 Å². The Morgan fingerprint density at radius 3 is 2.68 bits per heavy atom. The average molecular weight is 265 g/mol. The number of rotatable bonds is 5. The zero-order chi connectivity index (χ0) is 13.9. The highest BCUT2D eigenvalue weighted by molar-refractivity contribution is 5.39. The molecular weight excluding hydrogens is 241 g/mol. The van der Waals surface area contributed by atoms with Gasteiger partial charge in [-0.3, -0.25) is 0 Å². The highest BCUT2D eigenvalue weighted by Gasteiger charge is 2.38. The Kier molecular flexibility index (Phi) is 4.46. The Morgan fingerprint density at radius 1 is 1.32 bits per heavy atom. The first-order valence-electron chi connectivity index (χ1n) is 7.36. The van der Waals surface area contributed by atoms with E-state index in [1.807, 2.05) is 0 Å². The van der Waals surface area contributed by atoms with Crippen LogP contribution in [0.4, 0.5) is 4.39 Å². The van der Waals surface area contributed by atoms with Crippen molar-refractivity contribution in [2.24, 2.45) is 0 Å². The molecule has 1 aromatic rings. The van der Waals surface area contributed by atoms with Gasteiger partial charge in [0.2, 0.25) is 0 Å². The molecule has 1 heterocycles. The second-order valence-corrected chi connectivity index (χ2v) is 5.39. The van der Waals surface area contributed by atoms with Crippen molar-refractivity contribution in [1.82, 2.24) is 5.32 Å². The molecule has 1 aromatic carbocycles. The maximum atomic E-state index is 13.5. The van der Waals surface area contributed by atoms with Crippen LogP contribution in [0.5, 0.6) is 5.75 Å². The molecule has 0 saturated heterocycles. The predicted molar refractivity (Wildman–Crippen MR) is 76.0 cm³/mol. The topological polar surface area (TPSA) is 21.3 Å². The normalized spacial score (nSPS) is 20.7. The Hall–Kier alpha value is -1.09. The molecule has 3 heteroatoms. The van der Waals surface area contributed by atoms with Crippen molar-refractivity contribution in [3.63, 3.8) is 0 Å². The molecule has 0 spiro atoms. The lowest BCUT2D eigenvalue weighted by Gasteiger charge is -2.42. The Balaban J connectivity index is 2.34. The number of nitrogens with one attached hydrogen (secondary N) is 1. The highest BCUT2D eigenvalue weighted by Crippen LogP contribution is 2.42. The summed E-state index contributed by atoms with van der Waals surface area (Å²) in [4.78, 5) is 0. The van der Waals surface area contributed by atoms with Crippen molar-refractivity contribution in [3.8, 4) is 5.75 Å². The smallest absolute Gasteiger partial charge is 0.125 e. The van der Waals surface area contributed by atoms with Crippen molar-refractivity contribution in [1.29, 1.82) is 0 Å². The third kappa shape index (κ3) is 2.92. The molecular formula is C16H24FNO. The molecule has 1 unspecified atom stereocenters. The minimum absolute atomic E-state index is 0.115. The minimum atomic E-state index is -0.189. The summed E-state index contributed by atoms with van der Waals surface area (Å²) in [5, 5.41) is 3.53. The van der Waals surface area contributed by atoms with Crippen LogP contribution in [0.2, 0.25) is 0 Å². The molecule has 1 atom stereocenters. The van der Waals surface area contributed by atoms with Gasteiger partial charge in [-0.2, -0.15) is 0 Å². The zero-order valence-corrected chi connectivity index (χ0v) is 12.1. The number of hydrogen-bond acceptors (Lipinski definition) is 2. The van der Waals surface area contributed by atoms with Gasteiger partial charge in [0.05, 0.1) is 0 Å². The first-order chi connectivity index (χ1) is 9.14. The lowest BCUT2D eigenvalue weighted by Crippen LogP contribution is -2.43. The fourth-order valence-corrected chi connectivity index (χ4v) is 2.83. The number of fused-ring (bicyclic) bond motifs is 1. The van der Waals surface area contributed by atoms with E-state index >= 15 is 0 Å². The molecule has 0 radical (unpaired) electrons. The molecule has 106 valence electrons. The Labute approximate surface area is 115 Å². The predicted octanol–water partition coefficient (Wildman–Crippen LogP) is 4.21. The SMILES string of the molecule is CCCNC1CC(CC)(CC)Oc2ccc(F)cc21. The van der Waals surface area contributed by atoms with Crippen LogP contribution in [0.3, 0.4) is 0 Å². The molecule has 1 aliphatic rings. The molecule has 0 aromatic heterocycles. The lowest BCUT2D eigenvalue weighted by molar-refractivity contribution is 0.0226. The lowest BCUT2D eigenvalue weighted by atomic mass is 9.83. The standard InChI is InChI=1S/C16H24FNO/c1-4-9-18-14-11-16(5-2,6-3)19-15-8-7-12(17)10-13(14)15/h7-8,10,14,18H,4-6,9,11H2,1-3H3. The van der Waals surface area contributed by atoms with E-state index in [1.165, 1.54) is 6.07 Å². The van der Waals surface area contributed by atoms with Crippen molar-refractivity contribution >= 4 is 0 Å². The summed E-state index contributed by atoms with van der Waals surface area (Å²) < 4.78 is 19.6. The summed E-state index contributed by atoms with van der Waals surface area (Å²) in [5.41, 5.74) is 0.849. The van der Waals surface area contributed by atoms with Gasteiger partial charge >= 0.3 is 0 Å². The molecule has 0 aliphatic carbocycles. The first kappa shape index (κ1) is 14.3. The van der Waals surface area contributed by atoms with Gasteiger partial charge in [0, 0.05) is 18.0 Å². The van der Waals surface area contributed by atoms with E-state index in [2.05, 4.69) is 26.1 Å². The largest absolute Gasteiger partial charge is 0.487 e. The molecule has 19 heavy (non-hydrogen) atoms. The summed E-state index contributed by atoms with van der Waals surface area (Å²) in [6.45, 7) is 7.42. The minimum Gasteiger partial charge on any atom is -0.487 e. The van der Waals surface area contributed by atoms with Crippen molar-refractivity contribution in [3.05, 3.63) is 29.6 Å². The number of hydrogen-bond donors (Lipinski definition) is 1. The van der Waals surface area contributed by atoms with Crippen LogP contribution in [0.1, 0.15) is 58.1 Å². The molecule has 2 nitrogen and oxygen atoms in total. The molecule has 1 N–H and O–H groups in total. The van der Waals surface area contributed by atoms with E-state index in [0.29, 0.717) is 0 Å². The molecule has 0 amide bonds. The maximum absolute atomic E-state index is 13.5. The Bertz CT molecular complexity index is 429. The van der Waals surface area contributed by atoms with Crippen LogP contribution in [-0.2, 0) is 0 Å². The van der Waals surface area contributed by atoms with Gasteiger partial charge in [-0.1, -0.05) is 20.8 Å². The monoisotopic (exact) mass is 265 g/mol. The zero-order valence-electron chi connectivity index (χ0n) is 12.1. The third-order valence-electron chi connectivity index (χ3n) is 4.18. The van der Waals surface area contributed by atoms with Crippen molar-refractivity contribution in [2.45, 2.75) is 58.1 Å². The molecule has 2 rings (SSSR count). The number of halogens is 1. The van der Waals surface area contributed by atoms with E-state index in [9.17, 15) is 4.39 Å². The summed E-state index contributed by atoms with van der Waals surface area (Å²) in [6.07, 6.45) is 3.94. The van der Waals surface area contributed by atoms with Crippen molar-refractivity contribution in [2.75, 3.05) is 6.54 Å². The van der Waals surface area contributed by atoms with Crippen LogP contribution >= 0.6 is 0 Å². The van der Waals surface area contributed by atoms with Gasteiger partial charge in [0.25, 0.3) is 0 Å². The van der Waals surface area contributed by atoms with Crippen LogP contribution in [0, 0.1) is 5.82 Å². The quantitative estimate of drug-likeness (QED) is 0.861. The first-order valence-corrected chi connectivity index (χ1v) is 7.36.